The van der Waals surface area contributed by atoms with Crippen LogP contribution in [0.1, 0.15) is 22.0 Å². The molecule has 2 aromatic heterocycles. The average molecular weight is 423 g/mol. The van der Waals surface area contributed by atoms with Crippen LogP contribution in [0.2, 0.25) is 0 Å². The minimum atomic E-state index is -0.757. The molecule has 2 heterocycles. The largest absolute Gasteiger partial charge is 0.437 e. The van der Waals surface area contributed by atoms with E-state index < -0.39 is 11.6 Å². The molecule has 2 aromatic carbocycles. The molecule has 0 aliphatic rings. The van der Waals surface area contributed by atoms with Crippen LogP contribution in [0.25, 0.3) is 11.5 Å². The first-order valence-corrected chi connectivity index (χ1v) is 10.1. The molecule has 152 valence electrons. The van der Waals surface area contributed by atoms with E-state index in [-0.39, 0.29) is 24.4 Å². The van der Waals surface area contributed by atoms with E-state index in [0.717, 1.165) is 20.7 Å². The minimum absolute atomic E-state index is 0.0288. The fourth-order valence-corrected chi connectivity index (χ4v) is 3.79. The van der Waals surface area contributed by atoms with Gasteiger partial charge < -0.3 is 9.73 Å². The summed E-state index contributed by atoms with van der Waals surface area (Å²) in [6.45, 7) is 1.70. The van der Waals surface area contributed by atoms with Crippen molar-refractivity contribution in [2.45, 2.75) is 19.5 Å². The second kappa shape index (κ2) is 8.46. The Hall–Kier alpha value is -3.52. The van der Waals surface area contributed by atoms with Crippen LogP contribution in [0.4, 0.5) is 4.39 Å². The van der Waals surface area contributed by atoms with E-state index in [1.165, 1.54) is 35.6 Å². The van der Waals surface area contributed by atoms with Crippen LogP contribution in [0, 0.1) is 12.7 Å². The van der Waals surface area contributed by atoms with Gasteiger partial charge in [-0.15, -0.1) is 16.4 Å². The van der Waals surface area contributed by atoms with Gasteiger partial charge in [0.25, 0.3) is 0 Å². The molecular weight excluding hydrogens is 405 g/mol. The number of carbonyl (C=O) groups is 1. The van der Waals surface area contributed by atoms with Crippen LogP contribution in [0.3, 0.4) is 0 Å². The fraction of sp³-hybridized carbons (Fsp3) is 0.136. The van der Waals surface area contributed by atoms with Crippen molar-refractivity contribution in [2.24, 2.45) is 0 Å². The summed E-state index contributed by atoms with van der Waals surface area (Å²) in [5, 5.41) is 8.97. The first-order chi connectivity index (χ1) is 14.5. The van der Waals surface area contributed by atoms with Gasteiger partial charge in [0.1, 0.15) is 12.4 Å². The maximum Gasteiger partial charge on any atom is 0.437 e. The van der Waals surface area contributed by atoms with Crippen molar-refractivity contribution < 1.29 is 13.6 Å². The van der Waals surface area contributed by atoms with E-state index in [1.54, 1.807) is 0 Å². The van der Waals surface area contributed by atoms with E-state index in [9.17, 15) is 14.0 Å². The van der Waals surface area contributed by atoms with Gasteiger partial charge in [-0.1, -0.05) is 35.9 Å². The molecule has 1 amide bonds. The lowest BCUT2D eigenvalue weighted by Gasteiger charge is -2.18. The highest BCUT2D eigenvalue weighted by Gasteiger charge is 2.20. The Morgan fingerprint density at radius 3 is 2.57 bits per heavy atom. The number of benzene rings is 2. The summed E-state index contributed by atoms with van der Waals surface area (Å²) in [6.07, 6.45) is 0. The highest BCUT2D eigenvalue weighted by Crippen LogP contribution is 2.26. The highest BCUT2D eigenvalue weighted by atomic mass is 32.1. The summed E-state index contributed by atoms with van der Waals surface area (Å²) in [4.78, 5) is 25.8. The summed E-state index contributed by atoms with van der Waals surface area (Å²) < 4.78 is 19.2. The van der Waals surface area contributed by atoms with E-state index in [0.29, 0.717) is 5.56 Å². The number of amides is 1. The lowest BCUT2D eigenvalue weighted by molar-refractivity contribution is -0.122. The third-order valence-corrected chi connectivity index (χ3v) is 5.47. The number of aromatic nitrogens is 2. The molecule has 0 spiro atoms. The number of nitrogens with zero attached hydrogens (tertiary/aromatic N) is 2. The predicted octanol–water partition coefficient (Wildman–Crippen LogP) is 3.92. The van der Waals surface area contributed by atoms with Gasteiger partial charge >= 0.3 is 5.76 Å². The van der Waals surface area contributed by atoms with E-state index in [1.807, 2.05) is 48.7 Å². The van der Waals surface area contributed by atoms with Crippen LogP contribution in [0.15, 0.2) is 75.3 Å². The van der Waals surface area contributed by atoms with Gasteiger partial charge in [-0.05, 0) is 48.2 Å². The summed E-state index contributed by atoms with van der Waals surface area (Å²) >= 11 is 1.54. The lowest BCUT2D eigenvalue weighted by Crippen LogP contribution is -2.34. The molecular formula is C22H18FN3O3S. The first kappa shape index (κ1) is 19.8. The smallest absolute Gasteiger partial charge is 0.388 e. The molecule has 6 nitrogen and oxygen atoms in total. The van der Waals surface area contributed by atoms with Gasteiger partial charge in [0.2, 0.25) is 11.8 Å². The molecule has 0 bridgehead atoms. The second-order valence-corrected chi connectivity index (χ2v) is 7.74. The van der Waals surface area contributed by atoms with Crippen molar-refractivity contribution >= 4 is 17.2 Å². The Morgan fingerprint density at radius 2 is 1.90 bits per heavy atom. The maximum absolute atomic E-state index is 13.1. The number of carbonyl (C=O) groups excluding carboxylic acids is 1. The number of halogens is 1. The molecule has 0 aliphatic carbocycles. The highest BCUT2D eigenvalue weighted by molar-refractivity contribution is 7.10. The second-order valence-electron chi connectivity index (χ2n) is 6.76. The van der Waals surface area contributed by atoms with Gasteiger partial charge in [-0.2, -0.15) is 4.68 Å². The summed E-state index contributed by atoms with van der Waals surface area (Å²) in [6, 6.07) is 16.8. The van der Waals surface area contributed by atoms with E-state index in [2.05, 4.69) is 10.4 Å². The zero-order valence-corrected chi connectivity index (χ0v) is 16.9. The summed E-state index contributed by atoms with van der Waals surface area (Å²) in [5.74, 6) is -1.51. The molecule has 0 radical (unpaired) electrons. The topological polar surface area (TPSA) is 77.1 Å². The number of thiophene rings is 1. The summed E-state index contributed by atoms with van der Waals surface area (Å²) in [7, 11) is 0. The Kier molecular flexibility index (Phi) is 5.58. The average Bonchev–Trinajstić information content (AvgIpc) is 3.38. The van der Waals surface area contributed by atoms with E-state index >= 15 is 0 Å². The third-order valence-electron chi connectivity index (χ3n) is 4.53. The van der Waals surface area contributed by atoms with Crippen molar-refractivity contribution in [3.05, 3.63) is 98.4 Å². The summed E-state index contributed by atoms with van der Waals surface area (Å²) in [5.41, 5.74) is 2.51. The van der Waals surface area contributed by atoms with Gasteiger partial charge in [-0.3, -0.25) is 4.79 Å². The quantitative estimate of drug-likeness (QED) is 0.510. The fourth-order valence-electron chi connectivity index (χ4n) is 2.99. The number of rotatable bonds is 6. The molecule has 4 aromatic rings. The Bertz CT molecular complexity index is 1200. The van der Waals surface area contributed by atoms with Crippen molar-refractivity contribution in [1.29, 1.82) is 0 Å². The monoisotopic (exact) mass is 423 g/mol. The Labute approximate surface area is 175 Å². The third kappa shape index (κ3) is 4.38. The van der Waals surface area contributed by atoms with Gasteiger partial charge in [0.05, 0.1) is 6.04 Å². The Balaban J connectivity index is 1.53. The van der Waals surface area contributed by atoms with Crippen LogP contribution >= 0.6 is 11.3 Å². The molecule has 0 saturated heterocycles. The molecule has 0 aliphatic heterocycles. The number of hydrogen-bond acceptors (Lipinski definition) is 5. The zero-order chi connectivity index (χ0) is 21.1. The van der Waals surface area contributed by atoms with Crippen molar-refractivity contribution in [3.63, 3.8) is 0 Å². The van der Waals surface area contributed by atoms with Crippen LogP contribution in [0.5, 0.6) is 0 Å². The first-order valence-electron chi connectivity index (χ1n) is 9.23. The molecule has 0 unspecified atom stereocenters. The van der Waals surface area contributed by atoms with Crippen molar-refractivity contribution in [1.82, 2.24) is 15.1 Å². The van der Waals surface area contributed by atoms with Gasteiger partial charge in [-0.25, -0.2) is 9.18 Å². The molecule has 1 atom stereocenters. The van der Waals surface area contributed by atoms with E-state index in [4.69, 9.17) is 4.42 Å². The number of aryl methyl sites for hydroxylation is 1. The molecule has 0 saturated carbocycles. The molecule has 8 heteroatoms. The van der Waals surface area contributed by atoms with Crippen molar-refractivity contribution in [2.75, 3.05) is 0 Å². The molecule has 1 N–H and O–H groups in total. The zero-order valence-electron chi connectivity index (χ0n) is 16.0. The maximum atomic E-state index is 13.1. The number of nitrogens with one attached hydrogen (secondary N) is 1. The molecule has 30 heavy (non-hydrogen) atoms. The van der Waals surface area contributed by atoms with Crippen molar-refractivity contribution in [3.8, 4) is 11.5 Å². The van der Waals surface area contributed by atoms with Crippen LogP contribution < -0.4 is 11.1 Å². The normalized spacial score (nSPS) is 11.9. The standard InChI is InChI=1S/C22H18FN3O3S/c1-14-4-6-15(7-5-14)20(18-3-2-12-30-18)24-19(27)13-26-22(28)29-21(25-26)16-8-10-17(23)11-9-16/h2-12,20H,13H2,1H3,(H,24,27)/t20-/m0/s1. The Morgan fingerprint density at radius 1 is 1.17 bits per heavy atom. The van der Waals surface area contributed by atoms with Crippen LogP contribution in [-0.4, -0.2) is 15.7 Å². The molecule has 4 rings (SSSR count). The number of hydrogen-bond donors (Lipinski definition) is 1. The van der Waals surface area contributed by atoms with Gasteiger partial charge in [0, 0.05) is 10.4 Å². The minimum Gasteiger partial charge on any atom is -0.388 e. The van der Waals surface area contributed by atoms with Crippen LogP contribution in [-0.2, 0) is 11.3 Å². The lowest BCUT2D eigenvalue weighted by atomic mass is 10.0. The predicted molar refractivity (Wildman–Crippen MR) is 112 cm³/mol. The van der Waals surface area contributed by atoms with Gasteiger partial charge in [0.15, 0.2) is 0 Å². The molecule has 0 fully saturated rings. The SMILES string of the molecule is Cc1ccc([C@H](NC(=O)Cn2nc(-c3ccc(F)cc3)oc2=O)c2cccs2)cc1.